The van der Waals surface area contributed by atoms with E-state index in [9.17, 15) is 13.2 Å². The van der Waals surface area contributed by atoms with E-state index in [1.807, 2.05) is 26.0 Å². The molecule has 0 spiro atoms. The first-order chi connectivity index (χ1) is 12.1. The molecule has 4 nitrogen and oxygen atoms in total. The van der Waals surface area contributed by atoms with Crippen molar-refractivity contribution in [1.82, 2.24) is 5.32 Å². The molecule has 0 aliphatic rings. The molecule has 2 aromatic carbocycles. The van der Waals surface area contributed by atoms with Gasteiger partial charge in [0, 0.05) is 6.26 Å². The second kappa shape index (κ2) is 8.04. The first kappa shape index (κ1) is 20.2. The Hall–Kier alpha value is -2.14. The number of benzene rings is 2. The summed E-state index contributed by atoms with van der Waals surface area (Å²) in [6.07, 6.45) is 1.11. The standard InChI is InChI=1S/C21H27NO3S/c1-14(2)16-10-12-17(13-11-16)20(15(3)4)22-21(23)18-8-6-7-9-19(18)26(5,24)25/h6-15,20H,1-5H3,(H,22,23). The second-order valence-corrected chi connectivity index (χ2v) is 9.27. The molecular formula is C21H27NO3S. The molecule has 5 heteroatoms. The van der Waals surface area contributed by atoms with Gasteiger partial charge in [-0.3, -0.25) is 4.79 Å². The van der Waals surface area contributed by atoms with Crippen molar-refractivity contribution in [2.24, 2.45) is 5.92 Å². The highest BCUT2D eigenvalue weighted by molar-refractivity contribution is 7.90. The number of carbonyl (C=O) groups excluding carboxylic acids is 1. The molecule has 140 valence electrons. The SMILES string of the molecule is CC(C)c1ccc(C(NC(=O)c2ccccc2S(C)(=O)=O)C(C)C)cc1. The van der Waals surface area contributed by atoms with E-state index in [4.69, 9.17) is 0 Å². The second-order valence-electron chi connectivity index (χ2n) is 7.28. The molecule has 0 aliphatic heterocycles. The molecule has 2 rings (SSSR count). The summed E-state index contributed by atoms with van der Waals surface area (Å²) in [7, 11) is -3.48. The highest BCUT2D eigenvalue weighted by Gasteiger charge is 2.23. The molecule has 0 heterocycles. The zero-order valence-electron chi connectivity index (χ0n) is 16.0. The van der Waals surface area contributed by atoms with Crippen molar-refractivity contribution >= 4 is 15.7 Å². The van der Waals surface area contributed by atoms with E-state index in [2.05, 4.69) is 31.3 Å². The predicted octanol–water partition coefficient (Wildman–Crippen LogP) is 4.34. The maximum absolute atomic E-state index is 12.8. The van der Waals surface area contributed by atoms with Crippen LogP contribution >= 0.6 is 0 Å². The van der Waals surface area contributed by atoms with Crippen LogP contribution < -0.4 is 5.32 Å². The quantitative estimate of drug-likeness (QED) is 0.819. The lowest BCUT2D eigenvalue weighted by molar-refractivity contribution is 0.0922. The summed E-state index contributed by atoms with van der Waals surface area (Å²) < 4.78 is 23.9. The summed E-state index contributed by atoms with van der Waals surface area (Å²) in [5.74, 6) is 0.227. The summed E-state index contributed by atoms with van der Waals surface area (Å²) in [5, 5.41) is 3.01. The Bertz CT molecular complexity index is 868. The maximum atomic E-state index is 12.8. The minimum absolute atomic E-state index is 0.0511. The van der Waals surface area contributed by atoms with Gasteiger partial charge in [-0.15, -0.1) is 0 Å². The number of hydrogen-bond acceptors (Lipinski definition) is 3. The third-order valence-electron chi connectivity index (χ3n) is 4.45. The molecular weight excluding hydrogens is 346 g/mol. The van der Waals surface area contributed by atoms with Gasteiger partial charge in [0.15, 0.2) is 9.84 Å². The maximum Gasteiger partial charge on any atom is 0.253 e. The summed E-state index contributed by atoms with van der Waals surface area (Å²) in [4.78, 5) is 12.9. The van der Waals surface area contributed by atoms with Gasteiger partial charge in [0.1, 0.15) is 0 Å². The Balaban J connectivity index is 2.33. The fraction of sp³-hybridized carbons (Fsp3) is 0.381. The molecule has 0 bridgehead atoms. The number of nitrogens with one attached hydrogen (secondary N) is 1. The molecule has 1 atom stereocenters. The summed E-state index contributed by atoms with van der Waals surface area (Å²) in [5.41, 5.74) is 2.43. The molecule has 0 saturated carbocycles. The van der Waals surface area contributed by atoms with Crippen molar-refractivity contribution < 1.29 is 13.2 Å². The first-order valence-electron chi connectivity index (χ1n) is 8.81. The van der Waals surface area contributed by atoms with Crippen LogP contribution in [0.25, 0.3) is 0 Å². The predicted molar refractivity (Wildman–Crippen MR) is 105 cm³/mol. The van der Waals surface area contributed by atoms with E-state index in [-0.39, 0.29) is 28.3 Å². The summed E-state index contributed by atoms with van der Waals surface area (Å²) in [6, 6.07) is 14.3. The fourth-order valence-electron chi connectivity index (χ4n) is 2.92. The minimum atomic E-state index is -3.48. The first-order valence-corrected chi connectivity index (χ1v) is 10.7. The van der Waals surface area contributed by atoms with Crippen LogP contribution in [0.5, 0.6) is 0 Å². The number of rotatable bonds is 6. The number of amides is 1. The van der Waals surface area contributed by atoms with Gasteiger partial charge in [-0.25, -0.2) is 8.42 Å². The van der Waals surface area contributed by atoms with E-state index in [0.29, 0.717) is 5.92 Å². The summed E-state index contributed by atoms with van der Waals surface area (Å²) in [6.45, 7) is 8.34. The van der Waals surface area contributed by atoms with Gasteiger partial charge in [0.05, 0.1) is 16.5 Å². The van der Waals surface area contributed by atoms with Gasteiger partial charge in [0.2, 0.25) is 0 Å². The van der Waals surface area contributed by atoms with E-state index < -0.39 is 9.84 Å². The van der Waals surface area contributed by atoms with Gasteiger partial charge in [-0.2, -0.15) is 0 Å². The normalized spacial score (nSPS) is 13.0. The van der Waals surface area contributed by atoms with Gasteiger partial charge < -0.3 is 5.32 Å². The molecule has 26 heavy (non-hydrogen) atoms. The zero-order chi connectivity index (χ0) is 19.5. The fourth-order valence-corrected chi connectivity index (χ4v) is 3.81. The molecule has 1 unspecified atom stereocenters. The van der Waals surface area contributed by atoms with Crippen molar-refractivity contribution in [1.29, 1.82) is 0 Å². The Morgan fingerprint density at radius 1 is 0.885 bits per heavy atom. The van der Waals surface area contributed by atoms with Crippen LogP contribution in [0, 0.1) is 5.92 Å². The van der Waals surface area contributed by atoms with Crippen molar-refractivity contribution in [3.05, 3.63) is 65.2 Å². The average molecular weight is 374 g/mol. The topological polar surface area (TPSA) is 63.2 Å². The van der Waals surface area contributed by atoms with E-state index >= 15 is 0 Å². The molecule has 0 aliphatic carbocycles. The van der Waals surface area contributed by atoms with Crippen LogP contribution in [-0.4, -0.2) is 20.6 Å². The minimum Gasteiger partial charge on any atom is -0.345 e. The van der Waals surface area contributed by atoms with Crippen molar-refractivity contribution in [2.75, 3.05) is 6.26 Å². The Morgan fingerprint density at radius 3 is 1.92 bits per heavy atom. The Morgan fingerprint density at radius 2 is 1.42 bits per heavy atom. The highest BCUT2D eigenvalue weighted by Crippen LogP contribution is 2.25. The number of carbonyl (C=O) groups is 1. The van der Waals surface area contributed by atoms with Crippen LogP contribution in [-0.2, 0) is 9.84 Å². The molecule has 0 saturated heterocycles. The monoisotopic (exact) mass is 373 g/mol. The number of sulfone groups is 1. The van der Waals surface area contributed by atoms with E-state index in [1.165, 1.54) is 11.6 Å². The zero-order valence-corrected chi connectivity index (χ0v) is 16.8. The Kier molecular flexibility index (Phi) is 6.24. The molecule has 2 aromatic rings. The van der Waals surface area contributed by atoms with Crippen LogP contribution in [0.4, 0.5) is 0 Å². The molecule has 1 amide bonds. The third-order valence-corrected chi connectivity index (χ3v) is 5.60. The molecule has 0 aromatic heterocycles. The lowest BCUT2D eigenvalue weighted by atomic mass is 9.93. The van der Waals surface area contributed by atoms with Gasteiger partial charge >= 0.3 is 0 Å². The largest absolute Gasteiger partial charge is 0.345 e. The van der Waals surface area contributed by atoms with Gasteiger partial charge in [0.25, 0.3) is 5.91 Å². The van der Waals surface area contributed by atoms with E-state index in [1.54, 1.807) is 18.2 Å². The Labute approximate surface area is 156 Å². The third kappa shape index (κ3) is 4.73. The molecule has 0 fully saturated rings. The molecule has 1 N–H and O–H groups in total. The van der Waals surface area contributed by atoms with Crippen molar-refractivity contribution in [2.45, 2.75) is 44.6 Å². The van der Waals surface area contributed by atoms with E-state index in [0.717, 1.165) is 11.8 Å². The summed E-state index contributed by atoms with van der Waals surface area (Å²) >= 11 is 0. The number of hydrogen-bond donors (Lipinski definition) is 1. The van der Waals surface area contributed by atoms with Gasteiger partial charge in [-0.05, 0) is 35.1 Å². The lowest BCUT2D eigenvalue weighted by Crippen LogP contribution is -2.32. The van der Waals surface area contributed by atoms with Crippen LogP contribution in [0.3, 0.4) is 0 Å². The highest BCUT2D eigenvalue weighted by atomic mass is 32.2. The van der Waals surface area contributed by atoms with Crippen LogP contribution in [0.15, 0.2) is 53.4 Å². The van der Waals surface area contributed by atoms with Crippen LogP contribution in [0.1, 0.15) is 61.1 Å². The van der Waals surface area contributed by atoms with Gasteiger partial charge in [-0.1, -0.05) is 64.1 Å². The lowest BCUT2D eigenvalue weighted by Gasteiger charge is -2.24. The van der Waals surface area contributed by atoms with Crippen LogP contribution in [0.2, 0.25) is 0 Å². The average Bonchev–Trinajstić information content (AvgIpc) is 2.58. The smallest absolute Gasteiger partial charge is 0.253 e. The van der Waals surface area contributed by atoms with Crippen molar-refractivity contribution in [3.63, 3.8) is 0 Å². The van der Waals surface area contributed by atoms with Crippen molar-refractivity contribution in [3.8, 4) is 0 Å². The molecule has 0 radical (unpaired) electrons.